The monoisotopic (exact) mass is 688 g/mol. The van der Waals surface area contributed by atoms with Crippen molar-refractivity contribution in [1.29, 1.82) is 0 Å². The van der Waals surface area contributed by atoms with Crippen LogP contribution in [0.25, 0.3) is 66.9 Å². The molecule has 2 heterocycles. The summed E-state index contributed by atoms with van der Waals surface area (Å²) >= 11 is 0. The molecule has 8 aromatic carbocycles. The lowest BCUT2D eigenvalue weighted by Crippen LogP contribution is -2.32. The smallest absolute Gasteiger partial charge is 0.160 e. The molecule has 0 radical (unpaired) electrons. The van der Waals surface area contributed by atoms with E-state index in [0.29, 0.717) is 5.82 Å². The molecule has 2 aliphatic rings. The maximum absolute atomic E-state index is 6.93. The Balaban J connectivity index is 1.07. The summed E-state index contributed by atoms with van der Waals surface area (Å²) in [4.78, 5) is 10.3. The lowest BCUT2D eigenvalue weighted by Gasteiger charge is -2.40. The molecular weight excluding hydrogens is 657 g/mol. The number of para-hydroxylation sites is 2. The zero-order valence-electron chi connectivity index (χ0n) is 29.3. The van der Waals surface area contributed by atoms with Crippen LogP contribution >= 0.6 is 0 Å². The number of nitrogens with zero attached hydrogens (tertiary/aromatic N) is 2. The van der Waals surface area contributed by atoms with Crippen LogP contribution in [0.5, 0.6) is 11.5 Å². The Hall–Kier alpha value is -7.10. The normalized spacial score (nSPS) is 13.1. The maximum atomic E-state index is 6.93. The van der Waals surface area contributed by atoms with Crippen LogP contribution in [0.2, 0.25) is 0 Å². The number of fused-ring (bicyclic) bond motifs is 10. The van der Waals surface area contributed by atoms with Crippen molar-refractivity contribution in [3.63, 3.8) is 0 Å². The Morgan fingerprint density at radius 3 is 1.72 bits per heavy atom. The number of ether oxygens (including phenoxy) is 1. The molecule has 54 heavy (non-hydrogen) atoms. The van der Waals surface area contributed by atoms with Crippen LogP contribution < -0.4 is 4.74 Å². The van der Waals surface area contributed by atoms with Gasteiger partial charge in [0, 0.05) is 33.4 Å². The number of benzene rings is 8. The molecule has 1 spiro atoms. The lowest BCUT2D eigenvalue weighted by atomic mass is 9.65. The van der Waals surface area contributed by atoms with E-state index in [-0.39, 0.29) is 0 Å². The fraction of sp³-hybridized carbons (Fsp3) is 0.0196. The third-order valence-electron chi connectivity index (χ3n) is 11.2. The van der Waals surface area contributed by atoms with Crippen molar-refractivity contribution in [2.45, 2.75) is 5.41 Å². The molecule has 1 aromatic heterocycles. The van der Waals surface area contributed by atoms with E-state index in [4.69, 9.17) is 14.7 Å². The van der Waals surface area contributed by atoms with E-state index in [2.05, 4.69) is 188 Å². The van der Waals surface area contributed by atoms with Crippen LogP contribution in [0, 0.1) is 0 Å². The Kier molecular flexibility index (Phi) is 6.77. The zero-order valence-corrected chi connectivity index (χ0v) is 29.3. The van der Waals surface area contributed by atoms with Gasteiger partial charge >= 0.3 is 0 Å². The number of rotatable bonds is 4. The van der Waals surface area contributed by atoms with Gasteiger partial charge in [-0.3, -0.25) is 0 Å². The van der Waals surface area contributed by atoms with Gasteiger partial charge in [-0.15, -0.1) is 0 Å². The summed E-state index contributed by atoms with van der Waals surface area (Å²) in [5.41, 5.74) is 13.9. The second-order valence-corrected chi connectivity index (χ2v) is 14.1. The lowest BCUT2D eigenvalue weighted by molar-refractivity contribution is 0.438. The summed E-state index contributed by atoms with van der Waals surface area (Å²) in [7, 11) is 0. The maximum Gasteiger partial charge on any atom is 0.160 e. The topological polar surface area (TPSA) is 35.0 Å². The van der Waals surface area contributed by atoms with E-state index in [1.54, 1.807) is 0 Å². The largest absolute Gasteiger partial charge is 0.456 e. The van der Waals surface area contributed by atoms with Gasteiger partial charge in [0.2, 0.25) is 0 Å². The summed E-state index contributed by atoms with van der Waals surface area (Å²) < 4.78 is 6.93. The van der Waals surface area contributed by atoms with Gasteiger partial charge in [0.15, 0.2) is 5.82 Å². The third kappa shape index (κ3) is 4.49. The van der Waals surface area contributed by atoms with E-state index >= 15 is 0 Å². The van der Waals surface area contributed by atoms with E-state index < -0.39 is 5.41 Å². The van der Waals surface area contributed by atoms with Crippen molar-refractivity contribution in [2.75, 3.05) is 0 Å². The Morgan fingerprint density at radius 2 is 0.926 bits per heavy atom. The van der Waals surface area contributed by atoms with E-state index in [1.807, 2.05) is 6.07 Å². The standard InChI is InChI=1S/C51H32N2O/c1-2-15-35(16-3-1)46-32-47(41-22-12-17-33-14-4-5-18-37(33)41)53-50(52-46)36-30-28-34(29-31-36)38-21-13-26-45-49(38)54-48-27-11-10-25-44(48)51(45)42-23-8-6-19-39(42)40-20-7-9-24-43(40)51/h1-32H. The second-order valence-electron chi connectivity index (χ2n) is 14.1. The molecule has 0 saturated carbocycles. The number of hydrogen-bond donors (Lipinski definition) is 0. The van der Waals surface area contributed by atoms with Crippen LogP contribution in [0.4, 0.5) is 0 Å². The molecule has 3 nitrogen and oxygen atoms in total. The summed E-state index contributed by atoms with van der Waals surface area (Å²) in [6, 6.07) is 68.8. The molecule has 1 aliphatic heterocycles. The van der Waals surface area contributed by atoms with Crippen LogP contribution in [0.15, 0.2) is 194 Å². The van der Waals surface area contributed by atoms with Gasteiger partial charge in [0.05, 0.1) is 16.8 Å². The van der Waals surface area contributed by atoms with Crippen LogP contribution in [-0.4, -0.2) is 9.97 Å². The van der Waals surface area contributed by atoms with Gasteiger partial charge in [-0.25, -0.2) is 9.97 Å². The van der Waals surface area contributed by atoms with Crippen molar-refractivity contribution in [1.82, 2.24) is 9.97 Å². The van der Waals surface area contributed by atoms with Gasteiger partial charge in [0.1, 0.15) is 11.5 Å². The molecule has 3 heteroatoms. The first-order valence-corrected chi connectivity index (χ1v) is 18.4. The SMILES string of the molecule is c1ccc(-c2cc(-c3cccc4ccccc34)nc(-c3ccc(-c4cccc5c4Oc4ccccc4C54c5ccccc5-c5ccccc54)cc3)n2)cc1. The average molecular weight is 689 g/mol. The van der Waals surface area contributed by atoms with Crippen molar-refractivity contribution in [3.8, 4) is 67.7 Å². The summed E-state index contributed by atoms with van der Waals surface area (Å²) in [5.74, 6) is 2.45. The fourth-order valence-electron chi connectivity index (χ4n) is 8.82. The minimum absolute atomic E-state index is 0.503. The van der Waals surface area contributed by atoms with Crippen molar-refractivity contribution < 1.29 is 4.74 Å². The Labute approximate surface area is 313 Å². The Morgan fingerprint density at radius 1 is 0.370 bits per heavy atom. The van der Waals surface area contributed by atoms with Crippen molar-refractivity contribution >= 4 is 10.8 Å². The van der Waals surface area contributed by atoms with E-state index in [9.17, 15) is 0 Å². The number of aromatic nitrogens is 2. The number of hydrogen-bond acceptors (Lipinski definition) is 3. The van der Waals surface area contributed by atoms with E-state index in [1.165, 1.54) is 38.6 Å². The Bertz CT molecular complexity index is 2860. The predicted octanol–water partition coefficient (Wildman–Crippen LogP) is 12.8. The van der Waals surface area contributed by atoms with Crippen LogP contribution in [-0.2, 0) is 5.41 Å². The van der Waals surface area contributed by atoms with Crippen molar-refractivity contribution in [2.24, 2.45) is 0 Å². The van der Waals surface area contributed by atoms with Crippen molar-refractivity contribution in [3.05, 3.63) is 216 Å². The molecule has 0 fully saturated rings. The molecule has 9 aromatic rings. The minimum atomic E-state index is -0.503. The average Bonchev–Trinajstić information content (AvgIpc) is 3.54. The molecule has 0 unspecified atom stereocenters. The first kappa shape index (κ1) is 30.5. The first-order valence-electron chi connectivity index (χ1n) is 18.4. The van der Waals surface area contributed by atoms with Gasteiger partial charge in [0.25, 0.3) is 0 Å². The van der Waals surface area contributed by atoms with Crippen LogP contribution in [0.1, 0.15) is 22.3 Å². The molecular formula is C51H32N2O. The summed E-state index contributed by atoms with van der Waals surface area (Å²) in [6.45, 7) is 0. The first-order chi connectivity index (χ1) is 26.8. The molecule has 0 N–H and O–H groups in total. The second kappa shape index (κ2) is 12.0. The fourth-order valence-corrected chi connectivity index (χ4v) is 8.82. The van der Waals surface area contributed by atoms with Gasteiger partial charge in [-0.1, -0.05) is 182 Å². The molecule has 1 aliphatic carbocycles. The quantitative estimate of drug-likeness (QED) is 0.185. The molecule has 11 rings (SSSR count). The van der Waals surface area contributed by atoms with Crippen LogP contribution in [0.3, 0.4) is 0 Å². The third-order valence-corrected chi connectivity index (χ3v) is 11.2. The minimum Gasteiger partial charge on any atom is -0.456 e. The molecule has 0 atom stereocenters. The highest BCUT2D eigenvalue weighted by molar-refractivity contribution is 5.96. The molecule has 0 amide bonds. The highest BCUT2D eigenvalue weighted by atomic mass is 16.5. The molecule has 0 bridgehead atoms. The highest BCUT2D eigenvalue weighted by Crippen LogP contribution is 2.63. The summed E-state index contributed by atoms with van der Waals surface area (Å²) in [5, 5.41) is 2.35. The predicted molar refractivity (Wildman–Crippen MR) is 219 cm³/mol. The van der Waals surface area contributed by atoms with Gasteiger partial charge < -0.3 is 4.74 Å². The van der Waals surface area contributed by atoms with E-state index in [0.717, 1.165) is 56.3 Å². The van der Waals surface area contributed by atoms with Gasteiger partial charge in [-0.2, -0.15) is 0 Å². The van der Waals surface area contributed by atoms with Gasteiger partial charge in [-0.05, 0) is 50.7 Å². The molecule has 0 saturated heterocycles. The molecule has 252 valence electrons. The zero-order chi connectivity index (χ0) is 35.6. The highest BCUT2D eigenvalue weighted by Gasteiger charge is 2.51. The summed E-state index contributed by atoms with van der Waals surface area (Å²) in [6.07, 6.45) is 0.